The molecule has 0 amide bonds. The van der Waals surface area contributed by atoms with Crippen molar-refractivity contribution < 1.29 is 75.1 Å². The van der Waals surface area contributed by atoms with Crippen LogP contribution in [-0.4, -0.2) is 230 Å². The molecule has 6 aromatic rings. The highest BCUT2D eigenvalue weighted by atomic mass is 35.7. The lowest BCUT2D eigenvalue weighted by molar-refractivity contribution is 0.0780. The Kier molecular flexibility index (Phi) is 35.5. The summed E-state index contributed by atoms with van der Waals surface area (Å²) in [7, 11) is -15.6. The van der Waals surface area contributed by atoms with Gasteiger partial charge in [0.1, 0.15) is 12.6 Å². The highest BCUT2D eigenvalue weighted by Crippen LogP contribution is 2.35. The van der Waals surface area contributed by atoms with E-state index in [-0.39, 0.29) is 61.5 Å². The number of aliphatic hydroxyl groups is 4. The smallest absolute Gasteiger partial charge is 0.264 e. The van der Waals surface area contributed by atoms with Gasteiger partial charge >= 0.3 is 0 Å². The molecule has 6 fully saturated rings. The van der Waals surface area contributed by atoms with Crippen LogP contribution in [0.1, 0.15) is 116 Å². The van der Waals surface area contributed by atoms with Crippen LogP contribution in [0.3, 0.4) is 0 Å². The predicted molar refractivity (Wildman–Crippen MR) is 445 cm³/mol. The molecule has 26 nitrogen and oxygen atoms in total. The number of anilines is 3. The maximum atomic E-state index is 13.3. The fourth-order valence-corrected chi connectivity index (χ4v) is 22.2. The number of thiophene rings is 3. The third-order valence-electron chi connectivity index (χ3n) is 20.0. The molecule has 0 spiro atoms. The molecule has 6 aliphatic rings. The molecule has 3 aromatic carbocycles. The lowest BCUT2D eigenvalue weighted by Crippen LogP contribution is -2.59. The van der Waals surface area contributed by atoms with Crippen molar-refractivity contribution in [2.24, 2.45) is 23.5 Å². The summed E-state index contributed by atoms with van der Waals surface area (Å²) in [6.07, 6.45) is 14.4. The number of nitrogens with one attached hydrogen (secondary N) is 1. The largest absolute Gasteiger partial charge is 0.400 e. The second-order valence-corrected chi connectivity index (χ2v) is 45.8. The summed E-state index contributed by atoms with van der Waals surface area (Å²) in [5.74, 6) is 2.01. The summed E-state index contributed by atoms with van der Waals surface area (Å²) in [4.78, 5) is 6.36. The topological polar surface area (TPSA) is 356 Å². The van der Waals surface area contributed by atoms with Gasteiger partial charge in [-0.05, 0) is 198 Å². The number of benzene rings is 3. The summed E-state index contributed by atoms with van der Waals surface area (Å²) in [6.45, 7) is 16.9. The van der Waals surface area contributed by atoms with Crippen LogP contribution in [-0.2, 0) is 80.2 Å². The molecule has 3 saturated carbocycles. The van der Waals surface area contributed by atoms with Gasteiger partial charge in [0.25, 0.3) is 40.2 Å². The van der Waals surface area contributed by atoms with Crippen LogP contribution in [0.25, 0.3) is 0 Å². The summed E-state index contributed by atoms with van der Waals surface area (Å²) < 4.78 is 158. The van der Waals surface area contributed by atoms with Crippen LogP contribution in [0.5, 0.6) is 0 Å². The summed E-state index contributed by atoms with van der Waals surface area (Å²) in [5.41, 5.74) is 7.65. The van der Waals surface area contributed by atoms with E-state index < -0.39 is 82.1 Å². The minimum absolute atomic E-state index is 0. The molecular weight excluding hydrogens is 1630 g/mol. The highest BCUT2D eigenvalue weighted by Gasteiger charge is 2.41. The number of hydrogen-bond donors (Lipinski definition) is 6. The zero-order chi connectivity index (χ0) is 80.6. The van der Waals surface area contributed by atoms with Crippen molar-refractivity contribution in [2.75, 3.05) is 139 Å². The van der Waals surface area contributed by atoms with Crippen molar-refractivity contribution in [1.29, 1.82) is 0 Å². The molecule has 3 aromatic heterocycles. The Morgan fingerprint density at radius 1 is 0.473 bits per heavy atom. The van der Waals surface area contributed by atoms with Crippen molar-refractivity contribution in [2.45, 2.75) is 147 Å². The first-order valence-corrected chi connectivity index (χ1v) is 49.7. The van der Waals surface area contributed by atoms with Gasteiger partial charge in [-0.2, -0.15) is 25.6 Å². The van der Waals surface area contributed by atoms with Gasteiger partial charge in [-0.25, -0.2) is 42.1 Å². The average Bonchev–Trinajstić information content (AvgIpc) is 1.00. The summed E-state index contributed by atoms with van der Waals surface area (Å²) in [5, 5.41) is 46.6. The highest BCUT2D eigenvalue weighted by molar-refractivity contribution is 8.13. The first-order valence-electron chi connectivity index (χ1n) is 36.4. The fraction of sp³-hybridized carbons (Fsp3) is 0.589. The van der Waals surface area contributed by atoms with Crippen molar-refractivity contribution in [3.63, 3.8) is 0 Å². The molecular formula is C73H113Cl2N9O17S9. The number of nitrogens with two attached hydrogens (primary N) is 1. The fourth-order valence-electron chi connectivity index (χ4n) is 13.0. The van der Waals surface area contributed by atoms with Gasteiger partial charge in [-0.1, -0.05) is 73.9 Å². The van der Waals surface area contributed by atoms with Crippen molar-refractivity contribution in [1.82, 2.24) is 22.5 Å². The molecule has 0 bridgehead atoms. The van der Waals surface area contributed by atoms with Gasteiger partial charge < -0.3 is 46.2 Å². The zero-order valence-electron chi connectivity index (χ0n) is 64.3. The lowest BCUT2D eigenvalue weighted by Gasteiger charge is -2.44. The second kappa shape index (κ2) is 41.2. The van der Waals surface area contributed by atoms with E-state index >= 15 is 0 Å². The Labute approximate surface area is 676 Å². The Bertz CT molecular complexity index is 4460. The van der Waals surface area contributed by atoms with Crippen LogP contribution in [0.4, 0.5) is 17.1 Å². The van der Waals surface area contributed by atoms with Gasteiger partial charge in [-0.15, -0.1) is 46.4 Å². The monoisotopic (exact) mass is 1750 g/mol. The van der Waals surface area contributed by atoms with E-state index in [1.165, 1.54) is 80.4 Å². The number of aliphatic hydroxyl groups excluding tert-OH is 1. The van der Waals surface area contributed by atoms with Crippen molar-refractivity contribution in [3.8, 4) is 0 Å². The number of halogens is 2. The molecule has 0 unspecified atom stereocenters. The maximum absolute atomic E-state index is 13.3. The number of rotatable bonds is 25. The van der Waals surface area contributed by atoms with Gasteiger partial charge in [0.05, 0.1) is 60.3 Å². The molecule has 110 heavy (non-hydrogen) atoms. The molecule has 3 aliphatic heterocycles. The van der Waals surface area contributed by atoms with Gasteiger partial charge in [0.2, 0.25) is 19.1 Å². The summed E-state index contributed by atoms with van der Waals surface area (Å²) in [6, 6.07) is 32.1. The molecule has 0 radical (unpaired) electrons. The molecule has 6 heterocycles. The van der Waals surface area contributed by atoms with E-state index in [2.05, 4.69) is 25.8 Å². The third-order valence-corrected chi connectivity index (χ3v) is 31.5. The third kappa shape index (κ3) is 28.1. The molecule has 7 N–H and O–H groups in total. The lowest BCUT2D eigenvalue weighted by atomic mass is 9.85. The van der Waals surface area contributed by atoms with Crippen LogP contribution < -0.4 is 25.8 Å². The van der Waals surface area contributed by atoms with Crippen molar-refractivity contribution >= 4 is 133 Å². The second-order valence-electron chi connectivity index (χ2n) is 29.8. The number of sulfonamides is 4. The Hall–Kier alpha value is -4.00. The molecule has 12 rings (SSSR count). The van der Waals surface area contributed by atoms with E-state index in [1.54, 1.807) is 105 Å². The van der Waals surface area contributed by atoms with Gasteiger partial charge in [0, 0.05) is 113 Å². The van der Waals surface area contributed by atoms with E-state index in [1.807, 2.05) is 70.9 Å². The predicted octanol–water partition coefficient (Wildman–Crippen LogP) is 8.95. The van der Waals surface area contributed by atoms with Crippen LogP contribution >= 0.6 is 57.1 Å². The van der Waals surface area contributed by atoms with Crippen LogP contribution in [0, 0.1) is 17.8 Å². The number of nitrogens with zero attached hydrogens (tertiary/aromatic N) is 7. The standard InChI is InChI=1S/C24H35N3O5S3.C23H33N3O3S2.C19H26N2O6S3.C5H11N.CH3ClO2S.CH4O.ClH/c1-24(2,28)20-9-11-21(12-10-20)27-14-13-25(35(31,32)23-8-5-15-33-23)17-22(27)18-26(34(3,29)30)16-19-6-4-7-19;1-23(2,27)19-8-10-20(11-9-19)26-13-12-25(31(28,29)22-7-4-14-30-22)17-21(26)16-24-15-18-5-3-6-18;1-19(2,22)15-6-8-16(9-7-15)21-11-10-20(13-17(21)14-27-29(3,23)24)30(25,26)18-5-4-12-28-18;6-4-5-2-1-3-5;1-5(2,3)4;1-2;/h5,8-12,15,19,22,28H,4,6-7,13-14,16-18H2,1-3H3;4,7-11,14,18,21,24,27H,3,5-6,12-13,15-17H2,1-2H3;4-9,12,17,22H,10-11,13-14H2,1-3H3;5H,1-4,6H2;1H3;2H,1H3;1H/t22-;21-;17-;;;;/m101..../s1. The van der Waals surface area contributed by atoms with Gasteiger partial charge in [0.15, 0.2) is 0 Å². The minimum Gasteiger partial charge on any atom is -0.400 e. The number of hydrogen-bond acceptors (Lipinski definition) is 25. The Balaban J connectivity index is 0.000000237. The first kappa shape index (κ1) is 94.9. The first-order chi connectivity index (χ1) is 50.9. The minimum atomic E-state index is -3.68. The zero-order valence-corrected chi connectivity index (χ0v) is 73.2. The van der Waals surface area contributed by atoms with E-state index in [0.29, 0.717) is 60.1 Å². The van der Waals surface area contributed by atoms with E-state index in [9.17, 15) is 65.8 Å². The van der Waals surface area contributed by atoms with Gasteiger partial charge in [-0.3, -0.25) is 4.18 Å². The van der Waals surface area contributed by atoms with Crippen molar-refractivity contribution in [3.05, 3.63) is 142 Å². The maximum Gasteiger partial charge on any atom is 0.264 e. The molecule has 37 heteroatoms. The van der Waals surface area contributed by atoms with E-state index in [0.717, 1.165) is 115 Å². The number of piperazine rings is 3. The van der Waals surface area contributed by atoms with E-state index in [4.69, 9.17) is 15.0 Å². The summed E-state index contributed by atoms with van der Waals surface area (Å²) >= 11 is 3.61. The Morgan fingerprint density at radius 2 is 0.791 bits per heavy atom. The quantitative estimate of drug-likeness (QED) is 0.0230. The molecule has 620 valence electrons. The Morgan fingerprint density at radius 3 is 1.06 bits per heavy atom. The molecule has 3 atom stereocenters. The van der Waals surface area contributed by atoms with Crippen LogP contribution in [0.2, 0.25) is 0 Å². The average molecular weight is 1750 g/mol. The molecule has 3 saturated heterocycles. The molecule has 3 aliphatic carbocycles. The SMILES string of the molecule is CC(C)(O)c1ccc(N2CCN(S(=O)(=O)c3cccs3)C[C@@H]2CN(CC2CCC2)S(C)(=O)=O)cc1.CC(C)(O)c1ccc(N2CCN(S(=O)(=O)c3cccs3)C[C@@H]2CNCC2CCC2)cc1.CC(C)(O)c1ccc(N2CCN(S(=O)(=O)c3cccs3)C[C@@H]2COS(C)(=O)=O)cc1.CO.CS(=O)(=O)Cl.Cl.NCC1CCC1. The normalized spacial score (nSPS) is 19.7. The van der Waals surface area contributed by atoms with Crippen LogP contribution in [0.15, 0.2) is 138 Å².